The smallest absolute Gasteiger partial charge is 0.171 e. The average molecular weight is 315 g/mol. The molecule has 1 aliphatic heterocycles. The number of thioether (sulfide) groups is 1. The molecule has 1 aromatic rings. The molecule has 112 valence electrons. The van der Waals surface area contributed by atoms with Crippen LogP contribution in [0.2, 0.25) is 0 Å². The minimum absolute atomic E-state index is 0.144. The molecule has 0 radical (unpaired) electrons. The molecular formula is C14H21NO3S2. The van der Waals surface area contributed by atoms with Gasteiger partial charge in [-0.2, -0.15) is 11.8 Å². The molecule has 2 rings (SSSR count). The maximum atomic E-state index is 12.3. The molecule has 1 heterocycles. The van der Waals surface area contributed by atoms with Crippen molar-refractivity contribution in [1.82, 2.24) is 0 Å². The van der Waals surface area contributed by atoms with Crippen LogP contribution in [0.15, 0.2) is 24.3 Å². The molecule has 0 amide bonds. The van der Waals surface area contributed by atoms with Crippen LogP contribution < -0.4 is 4.90 Å². The number of hydrogen-bond donors (Lipinski definition) is 1. The van der Waals surface area contributed by atoms with E-state index in [2.05, 4.69) is 0 Å². The quantitative estimate of drug-likeness (QED) is 0.921. The Kier molecular flexibility index (Phi) is 4.99. The highest BCUT2D eigenvalue weighted by atomic mass is 32.2. The van der Waals surface area contributed by atoms with E-state index in [-0.39, 0.29) is 5.75 Å². The molecule has 1 aliphatic rings. The first-order valence-electron chi connectivity index (χ1n) is 6.80. The number of hydrogen-bond acceptors (Lipinski definition) is 5. The lowest BCUT2D eigenvalue weighted by molar-refractivity contribution is 0.199. The van der Waals surface area contributed by atoms with Crippen LogP contribution in [0.5, 0.6) is 0 Å². The van der Waals surface area contributed by atoms with Gasteiger partial charge in [-0.05, 0) is 13.0 Å². The Morgan fingerprint density at radius 3 is 2.80 bits per heavy atom. The van der Waals surface area contributed by atoms with Crippen molar-refractivity contribution in [3.8, 4) is 0 Å². The summed E-state index contributed by atoms with van der Waals surface area (Å²) in [5.41, 5.74) is 1.63. The van der Waals surface area contributed by atoms with Crippen molar-refractivity contribution in [3.05, 3.63) is 29.8 Å². The molecule has 0 bridgehead atoms. The summed E-state index contributed by atoms with van der Waals surface area (Å²) in [6.07, 6.45) is -0.606. The summed E-state index contributed by atoms with van der Waals surface area (Å²) in [4.78, 5) is 1.94. The zero-order valence-electron chi connectivity index (χ0n) is 11.8. The second kappa shape index (κ2) is 6.37. The largest absolute Gasteiger partial charge is 0.389 e. The molecule has 1 unspecified atom stereocenters. The number of sulfone groups is 1. The molecule has 1 aromatic carbocycles. The first-order chi connectivity index (χ1) is 9.47. The molecular weight excluding hydrogens is 294 g/mol. The van der Waals surface area contributed by atoms with Gasteiger partial charge in [-0.25, -0.2) is 8.42 Å². The van der Waals surface area contributed by atoms with Gasteiger partial charge in [0.25, 0.3) is 0 Å². The second-order valence-corrected chi connectivity index (χ2v) is 8.51. The lowest BCUT2D eigenvalue weighted by atomic mass is 10.1. The van der Waals surface area contributed by atoms with Gasteiger partial charge in [0.15, 0.2) is 9.84 Å². The third-order valence-electron chi connectivity index (χ3n) is 3.60. The van der Waals surface area contributed by atoms with Crippen LogP contribution >= 0.6 is 11.8 Å². The Morgan fingerprint density at radius 2 is 2.15 bits per heavy atom. The van der Waals surface area contributed by atoms with Crippen molar-refractivity contribution in [1.29, 1.82) is 0 Å². The van der Waals surface area contributed by atoms with E-state index in [1.165, 1.54) is 0 Å². The van der Waals surface area contributed by atoms with E-state index < -0.39 is 21.3 Å². The maximum Gasteiger partial charge on any atom is 0.171 e. The molecule has 20 heavy (non-hydrogen) atoms. The van der Waals surface area contributed by atoms with E-state index in [0.29, 0.717) is 12.3 Å². The van der Waals surface area contributed by atoms with Crippen molar-refractivity contribution in [2.24, 2.45) is 0 Å². The van der Waals surface area contributed by atoms with E-state index >= 15 is 0 Å². The molecule has 0 spiro atoms. The molecule has 1 fully saturated rings. The number of benzene rings is 1. The lowest BCUT2D eigenvalue weighted by Crippen LogP contribution is -2.48. The third kappa shape index (κ3) is 3.13. The highest BCUT2D eigenvalue weighted by Gasteiger charge is 2.34. The van der Waals surface area contributed by atoms with E-state index in [9.17, 15) is 13.5 Å². The van der Waals surface area contributed by atoms with E-state index in [0.717, 1.165) is 17.0 Å². The SMILES string of the molecule is CCS(=O)(=O)C1CSCCN1c1ccccc1[C@@H](C)O. The van der Waals surface area contributed by atoms with Gasteiger partial charge < -0.3 is 10.0 Å². The van der Waals surface area contributed by atoms with E-state index in [1.54, 1.807) is 25.6 Å². The van der Waals surface area contributed by atoms with Crippen molar-refractivity contribution in [2.45, 2.75) is 25.3 Å². The Labute approximate surface area is 125 Å². The van der Waals surface area contributed by atoms with Gasteiger partial charge in [-0.15, -0.1) is 0 Å². The normalized spacial score (nSPS) is 21.8. The first-order valence-corrected chi connectivity index (χ1v) is 9.67. The number of nitrogens with zero attached hydrogens (tertiary/aromatic N) is 1. The zero-order chi connectivity index (χ0) is 14.8. The first kappa shape index (κ1) is 15.7. The topological polar surface area (TPSA) is 57.6 Å². The van der Waals surface area contributed by atoms with Gasteiger partial charge in [-0.3, -0.25) is 0 Å². The number of aliphatic hydroxyl groups is 1. The maximum absolute atomic E-state index is 12.3. The molecule has 2 atom stereocenters. The second-order valence-electron chi connectivity index (χ2n) is 4.91. The lowest BCUT2D eigenvalue weighted by Gasteiger charge is -2.37. The van der Waals surface area contributed by atoms with Crippen LogP contribution in [-0.4, -0.2) is 42.7 Å². The van der Waals surface area contributed by atoms with Crippen molar-refractivity contribution in [2.75, 3.05) is 28.7 Å². The average Bonchev–Trinajstić information content (AvgIpc) is 2.47. The predicted molar refractivity (Wildman–Crippen MR) is 85.0 cm³/mol. The van der Waals surface area contributed by atoms with E-state index in [4.69, 9.17) is 0 Å². The monoisotopic (exact) mass is 315 g/mol. The summed E-state index contributed by atoms with van der Waals surface area (Å²) in [7, 11) is -3.14. The third-order valence-corrected chi connectivity index (χ3v) is 6.89. The summed E-state index contributed by atoms with van der Waals surface area (Å²) < 4.78 is 24.6. The highest BCUT2D eigenvalue weighted by Crippen LogP contribution is 2.32. The summed E-state index contributed by atoms with van der Waals surface area (Å²) >= 11 is 1.67. The van der Waals surface area contributed by atoms with Crippen LogP contribution in [0.4, 0.5) is 5.69 Å². The fourth-order valence-electron chi connectivity index (χ4n) is 2.45. The Bertz CT molecular complexity index is 557. The minimum atomic E-state index is -3.14. The summed E-state index contributed by atoms with van der Waals surface area (Å²) in [6, 6.07) is 7.51. The fourth-order valence-corrected chi connectivity index (χ4v) is 5.43. The van der Waals surface area contributed by atoms with Crippen molar-refractivity contribution >= 4 is 27.3 Å². The van der Waals surface area contributed by atoms with Gasteiger partial charge >= 0.3 is 0 Å². The Balaban J connectivity index is 2.43. The van der Waals surface area contributed by atoms with Crippen LogP contribution in [0.3, 0.4) is 0 Å². The highest BCUT2D eigenvalue weighted by molar-refractivity contribution is 8.01. The van der Waals surface area contributed by atoms with Gasteiger partial charge in [0.05, 0.1) is 6.10 Å². The van der Waals surface area contributed by atoms with Gasteiger partial charge in [0.2, 0.25) is 0 Å². The molecule has 1 N–H and O–H groups in total. The predicted octanol–water partition coefficient (Wildman–Crippen LogP) is 2.05. The number of aliphatic hydroxyl groups excluding tert-OH is 1. The molecule has 0 aliphatic carbocycles. The van der Waals surface area contributed by atoms with Crippen molar-refractivity contribution in [3.63, 3.8) is 0 Å². The van der Waals surface area contributed by atoms with Gasteiger partial charge in [-0.1, -0.05) is 25.1 Å². The molecule has 6 heteroatoms. The Morgan fingerprint density at radius 1 is 1.45 bits per heavy atom. The van der Waals surface area contributed by atoms with Crippen LogP contribution in [0.1, 0.15) is 25.5 Å². The van der Waals surface area contributed by atoms with Crippen LogP contribution in [0.25, 0.3) is 0 Å². The zero-order valence-corrected chi connectivity index (χ0v) is 13.5. The Hall–Kier alpha value is -0.720. The van der Waals surface area contributed by atoms with E-state index in [1.807, 2.05) is 29.2 Å². The van der Waals surface area contributed by atoms with Gasteiger partial charge in [0.1, 0.15) is 5.37 Å². The molecule has 1 saturated heterocycles. The number of para-hydroxylation sites is 1. The molecule has 0 aromatic heterocycles. The van der Waals surface area contributed by atoms with Crippen molar-refractivity contribution < 1.29 is 13.5 Å². The molecule has 0 saturated carbocycles. The number of rotatable bonds is 4. The van der Waals surface area contributed by atoms with Crippen LogP contribution in [0, 0.1) is 0 Å². The summed E-state index contributed by atoms with van der Waals surface area (Å²) in [5.74, 6) is 1.64. The summed E-state index contributed by atoms with van der Waals surface area (Å²) in [6.45, 7) is 4.09. The minimum Gasteiger partial charge on any atom is -0.389 e. The van der Waals surface area contributed by atoms with Crippen LogP contribution in [-0.2, 0) is 9.84 Å². The standard InChI is InChI=1S/C14H21NO3S2/c1-3-20(17,18)14-10-19-9-8-15(14)13-7-5-4-6-12(13)11(2)16/h4-7,11,14,16H,3,8-10H2,1-2H3/t11-,14?/m1/s1. The number of anilines is 1. The van der Waals surface area contributed by atoms with Gasteiger partial charge in [0, 0.05) is 35.1 Å². The fraction of sp³-hybridized carbons (Fsp3) is 0.571. The molecule has 4 nitrogen and oxygen atoms in total. The summed E-state index contributed by atoms with van der Waals surface area (Å²) in [5, 5.41) is 9.41.